The smallest absolute Gasteiger partial charge is 0.246 e. The summed E-state index contributed by atoms with van der Waals surface area (Å²) in [5, 5.41) is 1.46. The molecule has 10 heavy (non-hydrogen) atoms. The van der Waals surface area contributed by atoms with Crippen LogP contribution in [0, 0.1) is 0 Å². The van der Waals surface area contributed by atoms with Crippen LogP contribution in [0.5, 0.6) is 0 Å². The van der Waals surface area contributed by atoms with Crippen molar-refractivity contribution in [2.45, 2.75) is 25.5 Å². The Kier molecular flexibility index (Phi) is 3.06. The maximum absolute atomic E-state index is 5.30. The Hall–Kier alpha value is -0.180. The second-order valence-electron chi connectivity index (χ2n) is 2.52. The Morgan fingerprint density at radius 3 is 2.90 bits per heavy atom. The highest BCUT2D eigenvalue weighted by Crippen LogP contribution is 2.15. The molecule has 0 amide bonds. The van der Waals surface area contributed by atoms with Crippen molar-refractivity contribution >= 4 is 17.0 Å². The lowest BCUT2D eigenvalue weighted by Gasteiger charge is -2.13. The van der Waals surface area contributed by atoms with Crippen LogP contribution in [-0.2, 0) is 4.74 Å². The summed E-state index contributed by atoms with van der Waals surface area (Å²) in [6.45, 7) is 6.07. The fourth-order valence-corrected chi connectivity index (χ4v) is 1.43. The van der Waals surface area contributed by atoms with Crippen LogP contribution >= 0.6 is 11.8 Å². The van der Waals surface area contributed by atoms with E-state index in [0.717, 1.165) is 24.8 Å². The van der Waals surface area contributed by atoms with E-state index in [0.29, 0.717) is 5.25 Å². The molecule has 58 valence electrons. The number of thioether (sulfide) groups is 1. The molecule has 0 atom stereocenters. The Bertz CT molecular complexity index is 134. The van der Waals surface area contributed by atoms with Crippen molar-refractivity contribution in [1.82, 2.24) is 0 Å². The third-order valence-electron chi connectivity index (χ3n) is 1.11. The summed E-state index contributed by atoms with van der Waals surface area (Å²) >= 11 is 1.70. The van der Waals surface area contributed by atoms with E-state index < -0.39 is 0 Å². The molecule has 1 rings (SSSR count). The maximum atomic E-state index is 5.30. The van der Waals surface area contributed by atoms with Gasteiger partial charge in [-0.3, -0.25) is 0 Å². The zero-order chi connectivity index (χ0) is 7.40. The van der Waals surface area contributed by atoms with Crippen molar-refractivity contribution < 1.29 is 4.74 Å². The van der Waals surface area contributed by atoms with Crippen LogP contribution in [0.15, 0.2) is 4.99 Å². The lowest BCUT2D eigenvalue weighted by molar-refractivity contribution is 0.293. The molecule has 0 radical (unpaired) electrons. The van der Waals surface area contributed by atoms with Gasteiger partial charge in [0.15, 0.2) is 0 Å². The molecule has 0 saturated carbocycles. The van der Waals surface area contributed by atoms with Crippen molar-refractivity contribution in [3.05, 3.63) is 0 Å². The van der Waals surface area contributed by atoms with E-state index in [4.69, 9.17) is 4.74 Å². The Morgan fingerprint density at radius 1 is 1.60 bits per heavy atom. The summed E-state index contributed by atoms with van der Waals surface area (Å²) < 4.78 is 5.30. The highest BCUT2D eigenvalue weighted by Gasteiger charge is 2.07. The predicted octanol–water partition coefficient (Wildman–Crippen LogP) is 1.90. The van der Waals surface area contributed by atoms with E-state index in [1.807, 2.05) is 0 Å². The average molecular weight is 159 g/mol. The van der Waals surface area contributed by atoms with E-state index in [1.165, 1.54) is 0 Å². The standard InChI is InChI=1S/C7H13NOS/c1-6(2)10-7-8-4-3-5-9-7/h6H,3-5H2,1-2H3. The summed E-state index contributed by atoms with van der Waals surface area (Å²) in [7, 11) is 0. The predicted molar refractivity (Wildman–Crippen MR) is 45.6 cm³/mol. The average Bonchev–Trinajstić information content (AvgIpc) is 1.88. The number of hydrogen-bond donors (Lipinski definition) is 0. The number of ether oxygens (including phenoxy) is 1. The molecule has 0 saturated heterocycles. The quantitative estimate of drug-likeness (QED) is 0.583. The molecule has 0 spiro atoms. The molecule has 3 heteroatoms. The van der Waals surface area contributed by atoms with Crippen LogP contribution in [0.3, 0.4) is 0 Å². The van der Waals surface area contributed by atoms with Gasteiger partial charge in [0.05, 0.1) is 6.61 Å². The number of nitrogens with zero attached hydrogens (tertiary/aromatic N) is 1. The lowest BCUT2D eigenvalue weighted by Crippen LogP contribution is -2.12. The summed E-state index contributed by atoms with van der Waals surface area (Å²) in [6.07, 6.45) is 1.07. The van der Waals surface area contributed by atoms with Crippen LogP contribution < -0.4 is 0 Å². The van der Waals surface area contributed by atoms with E-state index >= 15 is 0 Å². The molecular formula is C7H13NOS. The van der Waals surface area contributed by atoms with Crippen LogP contribution in [0.1, 0.15) is 20.3 Å². The van der Waals surface area contributed by atoms with E-state index in [2.05, 4.69) is 18.8 Å². The highest BCUT2D eigenvalue weighted by atomic mass is 32.2. The molecule has 2 nitrogen and oxygen atoms in total. The second kappa shape index (κ2) is 3.86. The van der Waals surface area contributed by atoms with Gasteiger partial charge in [0.25, 0.3) is 0 Å². The molecule has 1 aliphatic rings. The molecular weight excluding hydrogens is 146 g/mol. The fraction of sp³-hybridized carbons (Fsp3) is 0.857. The first-order valence-corrected chi connectivity index (χ1v) is 4.51. The van der Waals surface area contributed by atoms with Gasteiger partial charge >= 0.3 is 0 Å². The van der Waals surface area contributed by atoms with E-state index in [-0.39, 0.29) is 0 Å². The summed E-state index contributed by atoms with van der Waals surface area (Å²) in [6, 6.07) is 0. The van der Waals surface area contributed by atoms with Crippen molar-refractivity contribution in [1.29, 1.82) is 0 Å². The first-order valence-electron chi connectivity index (χ1n) is 3.63. The van der Waals surface area contributed by atoms with Gasteiger partial charge in [-0.25, -0.2) is 4.99 Å². The van der Waals surface area contributed by atoms with Gasteiger partial charge in [-0.15, -0.1) is 0 Å². The SMILES string of the molecule is CC(C)SC1=NCCCO1. The molecule has 1 heterocycles. The maximum Gasteiger partial charge on any atom is 0.246 e. The zero-order valence-electron chi connectivity index (χ0n) is 6.46. The normalized spacial score (nSPS) is 18.5. The molecule has 0 bridgehead atoms. The van der Waals surface area contributed by atoms with Crippen molar-refractivity contribution in [3.8, 4) is 0 Å². The van der Waals surface area contributed by atoms with Crippen LogP contribution in [-0.4, -0.2) is 23.6 Å². The third-order valence-corrected chi connectivity index (χ3v) is 2.03. The first-order chi connectivity index (χ1) is 4.79. The van der Waals surface area contributed by atoms with E-state index in [1.54, 1.807) is 11.8 Å². The molecule has 0 unspecified atom stereocenters. The molecule has 0 aromatic heterocycles. The van der Waals surface area contributed by atoms with Crippen molar-refractivity contribution in [2.24, 2.45) is 4.99 Å². The molecule has 0 N–H and O–H groups in total. The number of aliphatic imine (C=N–C) groups is 1. The van der Waals surface area contributed by atoms with Gasteiger partial charge in [-0.2, -0.15) is 0 Å². The minimum atomic E-state index is 0.580. The minimum Gasteiger partial charge on any atom is -0.473 e. The topological polar surface area (TPSA) is 21.6 Å². The van der Waals surface area contributed by atoms with E-state index in [9.17, 15) is 0 Å². The summed E-state index contributed by atoms with van der Waals surface area (Å²) in [4.78, 5) is 4.23. The van der Waals surface area contributed by atoms with Crippen LogP contribution in [0.2, 0.25) is 0 Å². The van der Waals surface area contributed by atoms with Crippen molar-refractivity contribution in [2.75, 3.05) is 13.2 Å². The lowest BCUT2D eigenvalue weighted by atomic mass is 10.4. The molecule has 1 aliphatic heterocycles. The monoisotopic (exact) mass is 159 g/mol. The molecule has 0 aliphatic carbocycles. The summed E-state index contributed by atoms with van der Waals surface area (Å²) in [5.41, 5.74) is 0. The Labute approximate surface area is 66.1 Å². The molecule has 0 aromatic carbocycles. The van der Waals surface area contributed by atoms with Gasteiger partial charge in [0, 0.05) is 18.2 Å². The fourth-order valence-electron chi connectivity index (χ4n) is 0.713. The Morgan fingerprint density at radius 2 is 2.40 bits per heavy atom. The van der Waals surface area contributed by atoms with Gasteiger partial charge < -0.3 is 4.74 Å². The number of hydrogen-bond acceptors (Lipinski definition) is 3. The zero-order valence-corrected chi connectivity index (χ0v) is 7.28. The van der Waals surface area contributed by atoms with Gasteiger partial charge in [-0.05, 0) is 0 Å². The minimum absolute atomic E-state index is 0.580. The van der Waals surface area contributed by atoms with Gasteiger partial charge in [0.2, 0.25) is 5.23 Å². The number of rotatable bonds is 1. The molecule has 0 aromatic rings. The van der Waals surface area contributed by atoms with Crippen LogP contribution in [0.25, 0.3) is 0 Å². The van der Waals surface area contributed by atoms with Crippen LogP contribution in [0.4, 0.5) is 0 Å². The summed E-state index contributed by atoms with van der Waals surface area (Å²) in [5.74, 6) is 0. The largest absolute Gasteiger partial charge is 0.473 e. The Balaban J connectivity index is 2.31. The first kappa shape index (κ1) is 7.92. The second-order valence-corrected chi connectivity index (χ2v) is 4.04. The third kappa shape index (κ3) is 2.60. The van der Waals surface area contributed by atoms with Gasteiger partial charge in [0.1, 0.15) is 0 Å². The highest BCUT2D eigenvalue weighted by molar-refractivity contribution is 8.14. The van der Waals surface area contributed by atoms with Gasteiger partial charge in [-0.1, -0.05) is 25.6 Å². The molecule has 0 fully saturated rings. The van der Waals surface area contributed by atoms with Crippen molar-refractivity contribution in [3.63, 3.8) is 0 Å².